The lowest BCUT2D eigenvalue weighted by atomic mass is 10.1. The van der Waals surface area contributed by atoms with Gasteiger partial charge in [-0.2, -0.15) is 5.10 Å². The van der Waals surface area contributed by atoms with Crippen LogP contribution < -0.4 is 9.47 Å². The molecule has 0 radical (unpaired) electrons. The molecule has 0 spiro atoms. The number of benzene rings is 2. The molecular formula is C24H21ClIN3O3S. The molecule has 0 saturated carbocycles. The van der Waals surface area contributed by atoms with Gasteiger partial charge in [-0.05, 0) is 71.1 Å². The van der Waals surface area contributed by atoms with Crippen LogP contribution in [-0.4, -0.2) is 34.8 Å². The predicted molar refractivity (Wildman–Crippen MR) is 139 cm³/mol. The van der Waals surface area contributed by atoms with Crippen molar-refractivity contribution in [3.05, 3.63) is 90.9 Å². The number of carbonyl (C=O) groups is 1. The van der Waals surface area contributed by atoms with Gasteiger partial charge in [-0.15, -0.1) is 11.3 Å². The normalized spacial score (nSPS) is 10.8. The third kappa shape index (κ3) is 5.69. The van der Waals surface area contributed by atoms with E-state index >= 15 is 0 Å². The van der Waals surface area contributed by atoms with E-state index in [9.17, 15) is 4.79 Å². The molecule has 0 unspecified atom stereocenters. The van der Waals surface area contributed by atoms with Crippen molar-refractivity contribution in [2.75, 3.05) is 14.2 Å². The Balaban J connectivity index is 1.62. The maximum atomic E-state index is 13.4. The lowest BCUT2D eigenvalue weighted by Crippen LogP contribution is -2.29. The molecule has 2 aromatic carbocycles. The summed E-state index contributed by atoms with van der Waals surface area (Å²) >= 11 is 9.63. The molecule has 2 heterocycles. The van der Waals surface area contributed by atoms with Crippen LogP contribution >= 0.6 is 45.5 Å². The molecule has 2 aromatic heterocycles. The molecule has 0 fully saturated rings. The molecule has 1 amide bonds. The molecule has 0 aliphatic rings. The summed E-state index contributed by atoms with van der Waals surface area (Å²) in [6.07, 6.45) is 3.72. The predicted octanol–water partition coefficient (Wildman–Crippen LogP) is 6.05. The molecule has 0 aliphatic heterocycles. The van der Waals surface area contributed by atoms with Crippen molar-refractivity contribution < 1.29 is 14.3 Å². The topological polar surface area (TPSA) is 56.6 Å². The van der Waals surface area contributed by atoms with Gasteiger partial charge in [0, 0.05) is 33.5 Å². The van der Waals surface area contributed by atoms with Gasteiger partial charge in [0.25, 0.3) is 5.91 Å². The van der Waals surface area contributed by atoms with E-state index in [0.717, 1.165) is 20.4 Å². The quantitative estimate of drug-likeness (QED) is 0.234. The van der Waals surface area contributed by atoms with E-state index in [1.807, 2.05) is 53.3 Å². The highest BCUT2D eigenvalue weighted by atomic mass is 127. The highest BCUT2D eigenvalue weighted by Crippen LogP contribution is 2.29. The van der Waals surface area contributed by atoms with Crippen LogP contribution in [0.3, 0.4) is 0 Å². The summed E-state index contributed by atoms with van der Waals surface area (Å²) in [5.74, 6) is 1.25. The maximum Gasteiger partial charge on any atom is 0.264 e. The number of amides is 1. The van der Waals surface area contributed by atoms with Crippen molar-refractivity contribution in [2.24, 2.45) is 0 Å². The Morgan fingerprint density at radius 3 is 2.55 bits per heavy atom. The highest BCUT2D eigenvalue weighted by Gasteiger charge is 2.21. The second kappa shape index (κ2) is 10.6. The van der Waals surface area contributed by atoms with Crippen molar-refractivity contribution >= 4 is 51.4 Å². The third-order valence-electron chi connectivity index (χ3n) is 5.03. The molecular weight excluding hydrogens is 573 g/mol. The number of thiophene rings is 1. The van der Waals surface area contributed by atoms with Crippen LogP contribution in [0.5, 0.6) is 11.5 Å². The van der Waals surface area contributed by atoms with Crippen molar-refractivity contribution in [3.63, 3.8) is 0 Å². The van der Waals surface area contributed by atoms with E-state index in [4.69, 9.17) is 21.1 Å². The number of ether oxygens (including phenoxy) is 2. The Bertz CT molecular complexity index is 1260. The van der Waals surface area contributed by atoms with Gasteiger partial charge in [-0.1, -0.05) is 11.6 Å². The molecule has 33 heavy (non-hydrogen) atoms. The van der Waals surface area contributed by atoms with Crippen LogP contribution in [0.1, 0.15) is 20.8 Å². The average Bonchev–Trinajstić information content (AvgIpc) is 3.48. The van der Waals surface area contributed by atoms with Gasteiger partial charge in [-0.25, -0.2) is 4.68 Å². The largest absolute Gasteiger partial charge is 0.497 e. The highest BCUT2D eigenvalue weighted by molar-refractivity contribution is 14.1. The van der Waals surface area contributed by atoms with Gasteiger partial charge < -0.3 is 14.4 Å². The minimum absolute atomic E-state index is 0.105. The van der Waals surface area contributed by atoms with Gasteiger partial charge in [-0.3, -0.25) is 4.79 Å². The Labute approximate surface area is 214 Å². The number of hydrogen-bond acceptors (Lipinski definition) is 5. The second-order valence-electron chi connectivity index (χ2n) is 7.21. The fourth-order valence-corrected chi connectivity index (χ4v) is 4.74. The zero-order valence-corrected chi connectivity index (χ0v) is 21.7. The number of rotatable bonds is 8. The fraction of sp³-hybridized carbons (Fsp3) is 0.167. The molecule has 0 bridgehead atoms. The summed E-state index contributed by atoms with van der Waals surface area (Å²) < 4.78 is 14.4. The smallest absolute Gasteiger partial charge is 0.264 e. The summed E-state index contributed by atoms with van der Waals surface area (Å²) in [6.45, 7) is 0.740. The Morgan fingerprint density at radius 2 is 1.88 bits per heavy atom. The Hall–Kier alpha value is -2.56. The van der Waals surface area contributed by atoms with Crippen LogP contribution in [0.15, 0.2) is 67.0 Å². The van der Waals surface area contributed by atoms with E-state index in [0.29, 0.717) is 33.8 Å². The van der Waals surface area contributed by atoms with Crippen LogP contribution in [-0.2, 0) is 13.1 Å². The molecule has 170 valence electrons. The molecule has 9 heteroatoms. The first-order chi connectivity index (χ1) is 16.0. The van der Waals surface area contributed by atoms with Crippen LogP contribution in [0.4, 0.5) is 0 Å². The first-order valence-electron chi connectivity index (χ1n) is 10.0. The van der Waals surface area contributed by atoms with Crippen LogP contribution in [0.2, 0.25) is 4.34 Å². The Morgan fingerprint density at radius 1 is 1.09 bits per heavy atom. The van der Waals surface area contributed by atoms with Crippen LogP contribution in [0, 0.1) is 3.57 Å². The lowest BCUT2D eigenvalue weighted by Gasteiger charge is -2.23. The van der Waals surface area contributed by atoms with Gasteiger partial charge >= 0.3 is 0 Å². The van der Waals surface area contributed by atoms with Gasteiger partial charge in [0.2, 0.25) is 0 Å². The fourth-order valence-electron chi connectivity index (χ4n) is 3.37. The summed E-state index contributed by atoms with van der Waals surface area (Å²) in [6, 6.07) is 17.2. The van der Waals surface area contributed by atoms with Gasteiger partial charge in [0.1, 0.15) is 11.5 Å². The zero-order chi connectivity index (χ0) is 23.4. The van der Waals surface area contributed by atoms with Crippen molar-refractivity contribution in [1.82, 2.24) is 14.7 Å². The molecule has 0 N–H and O–H groups in total. The number of hydrogen-bond donors (Lipinski definition) is 0. The number of nitrogens with zero attached hydrogens (tertiary/aromatic N) is 3. The second-order valence-corrected chi connectivity index (χ2v) is 10.2. The third-order valence-corrected chi connectivity index (χ3v) is 6.97. The summed E-state index contributed by atoms with van der Waals surface area (Å²) in [5, 5.41) is 4.49. The minimum Gasteiger partial charge on any atom is -0.497 e. The Kier molecular flexibility index (Phi) is 7.56. The van der Waals surface area contributed by atoms with Crippen molar-refractivity contribution in [1.29, 1.82) is 0 Å². The van der Waals surface area contributed by atoms with Crippen molar-refractivity contribution in [3.8, 4) is 17.2 Å². The van der Waals surface area contributed by atoms with Gasteiger partial charge in [0.15, 0.2) is 0 Å². The summed E-state index contributed by atoms with van der Waals surface area (Å²) in [7, 11) is 3.21. The lowest BCUT2D eigenvalue weighted by molar-refractivity contribution is 0.0734. The molecule has 6 nitrogen and oxygen atoms in total. The van der Waals surface area contributed by atoms with E-state index < -0.39 is 0 Å². The molecule has 0 aliphatic carbocycles. The summed E-state index contributed by atoms with van der Waals surface area (Å²) in [4.78, 5) is 15.7. The first-order valence-corrected chi connectivity index (χ1v) is 12.3. The average molecular weight is 594 g/mol. The van der Waals surface area contributed by atoms with E-state index in [1.165, 1.54) is 11.3 Å². The monoisotopic (exact) mass is 593 g/mol. The van der Waals surface area contributed by atoms with E-state index in [-0.39, 0.29) is 5.91 Å². The molecule has 4 aromatic rings. The first kappa shape index (κ1) is 23.6. The zero-order valence-electron chi connectivity index (χ0n) is 18.0. The summed E-state index contributed by atoms with van der Waals surface area (Å²) in [5.41, 5.74) is 2.75. The van der Waals surface area contributed by atoms with E-state index in [1.54, 1.807) is 37.4 Å². The maximum absolute atomic E-state index is 13.4. The molecule has 0 saturated heterocycles. The van der Waals surface area contributed by atoms with Crippen LogP contribution in [0.25, 0.3) is 5.69 Å². The minimum atomic E-state index is -0.105. The standard InChI is InChI=1S/C24H21ClIN3O3S/c1-31-20-8-3-17(21(11-20)32-2)15-28(24(30)22-9-10-23(25)33-22)13-16-12-27-29(14-16)19-6-4-18(26)5-7-19/h3-12,14H,13,15H2,1-2H3. The van der Waals surface area contributed by atoms with E-state index in [2.05, 4.69) is 27.7 Å². The number of aromatic nitrogens is 2. The molecule has 0 atom stereocenters. The van der Waals surface area contributed by atoms with Crippen molar-refractivity contribution in [2.45, 2.75) is 13.1 Å². The molecule has 4 rings (SSSR count). The number of halogens is 2. The number of carbonyl (C=O) groups excluding carboxylic acids is 1. The number of methoxy groups -OCH3 is 2. The van der Waals surface area contributed by atoms with Gasteiger partial charge in [0.05, 0.1) is 41.9 Å². The SMILES string of the molecule is COc1ccc(CN(Cc2cnn(-c3ccc(I)cc3)c2)C(=O)c2ccc(Cl)s2)c(OC)c1.